The summed E-state index contributed by atoms with van der Waals surface area (Å²) >= 11 is 1.76. The van der Waals surface area contributed by atoms with Gasteiger partial charge in [0.1, 0.15) is 0 Å². The van der Waals surface area contributed by atoms with E-state index in [1.165, 1.54) is 24.1 Å². The first-order valence-electron chi connectivity index (χ1n) is 6.27. The Morgan fingerprint density at radius 2 is 2.33 bits per heavy atom. The standard InChI is InChI=1S/C14H17N3S/c1-15-12-6-14(8-16-7-12)17(13-2-3-13)9-11-4-5-18-10-11/h4-8,10,13,15H,2-3,9H2,1H3. The third kappa shape index (κ3) is 2.48. The first kappa shape index (κ1) is 11.5. The van der Waals surface area contributed by atoms with Crippen LogP contribution in [0.4, 0.5) is 11.4 Å². The molecule has 0 aliphatic heterocycles. The van der Waals surface area contributed by atoms with Gasteiger partial charge in [-0.15, -0.1) is 0 Å². The number of rotatable bonds is 5. The summed E-state index contributed by atoms with van der Waals surface area (Å²) in [7, 11) is 1.93. The number of thiophene rings is 1. The Morgan fingerprint density at radius 1 is 1.44 bits per heavy atom. The molecule has 94 valence electrons. The molecule has 1 fully saturated rings. The van der Waals surface area contributed by atoms with E-state index in [9.17, 15) is 0 Å². The van der Waals surface area contributed by atoms with Gasteiger partial charge >= 0.3 is 0 Å². The minimum Gasteiger partial charge on any atom is -0.387 e. The van der Waals surface area contributed by atoms with Crippen LogP contribution in [0.25, 0.3) is 0 Å². The lowest BCUT2D eigenvalue weighted by Crippen LogP contribution is -2.24. The molecular weight excluding hydrogens is 242 g/mol. The lowest BCUT2D eigenvalue weighted by molar-refractivity contribution is 0.794. The van der Waals surface area contributed by atoms with Crippen LogP contribution in [0.15, 0.2) is 35.3 Å². The summed E-state index contributed by atoms with van der Waals surface area (Å²) in [5.74, 6) is 0. The zero-order valence-electron chi connectivity index (χ0n) is 10.5. The lowest BCUT2D eigenvalue weighted by atomic mass is 10.2. The molecule has 0 bridgehead atoms. The number of nitrogens with one attached hydrogen (secondary N) is 1. The van der Waals surface area contributed by atoms with Gasteiger partial charge in [-0.05, 0) is 41.3 Å². The van der Waals surface area contributed by atoms with Crippen LogP contribution < -0.4 is 10.2 Å². The van der Waals surface area contributed by atoms with Gasteiger partial charge in [0.2, 0.25) is 0 Å². The van der Waals surface area contributed by atoms with Crippen LogP contribution in [0.2, 0.25) is 0 Å². The minimum atomic E-state index is 0.693. The summed E-state index contributed by atoms with van der Waals surface area (Å²) in [6.07, 6.45) is 6.42. The van der Waals surface area contributed by atoms with Crippen LogP contribution in [-0.4, -0.2) is 18.1 Å². The highest BCUT2D eigenvalue weighted by atomic mass is 32.1. The van der Waals surface area contributed by atoms with Gasteiger partial charge in [0.15, 0.2) is 0 Å². The molecule has 0 radical (unpaired) electrons. The molecule has 18 heavy (non-hydrogen) atoms. The van der Waals surface area contributed by atoms with Crippen LogP contribution in [0.3, 0.4) is 0 Å². The Bertz CT molecular complexity index is 506. The number of hydrogen-bond donors (Lipinski definition) is 1. The highest BCUT2D eigenvalue weighted by Gasteiger charge is 2.29. The first-order valence-corrected chi connectivity index (χ1v) is 7.21. The summed E-state index contributed by atoms with van der Waals surface area (Å²) in [5.41, 5.74) is 3.68. The second kappa shape index (κ2) is 4.98. The Kier molecular flexibility index (Phi) is 3.19. The van der Waals surface area contributed by atoms with Crippen molar-refractivity contribution >= 4 is 22.7 Å². The van der Waals surface area contributed by atoms with Gasteiger partial charge in [-0.1, -0.05) is 0 Å². The Balaban J connectivity index is 1.84. The maximum atomic E-state index is 4.31. The van der Waals surface area contributed by atoms with Gasteiger partial charge in [0, 0.05) is 19.6 Å². The number of nitrogens with zero attached hydrogens (tertiary/aromatic N) is 2. The van der Waals surface area contributed by atoms with Crippen molar-refractivity contribution in [2.24, 2.45) is 0 Å². The van der Waals surface area contributed by atoms with Gasteiger partial charge in [-0.25, -0.2) is 0 Å². The zero-order chi connectivity index (χ0) is 12.4. The van der Waals surface area contributed by atoms with Crippen molar-refractivity contribution in [3.63, 3.8) is 0 Å². The SMILES string of the molecule is CNc1cncc(N(Cc2ccsc2)C2CC2)c1. The zero-order valence-corrected chi connectivity index (χ0v) is 11.3. The van der Waals surface area contributed by atoms with Crippen molar-refractivity contribution in [1.29, 1.82) is 0 Å². The fourth-order valence-electron chi connectivity index (χ4n) is 2.12. The molecule has 0 aromatic carbocycles. The maximum Gasteiger partial charge on any atom is 0.0579 e. The van der Waals surface area contributed by atoms with E-state index in [2.05, 4.69) is 38.1 Å². The fourth-order valence-corrected chi connectivity index (χ4v) is 2.78. The molecule has 0 unspecified atom stereocenters. The quantitative estimate of drug-likeness (QED) is 0.892. The van der Waals surface area contributed by atoms with Crippen molar-refractivity contribution < 1.29 is 0 Å². The Labute approximate surface area is 111 Å². The molecule has 1 aliphatic rings. The second-order valence-corrected chi connectivity index (χ2v) is 5.45. The summed E-state index contributed by atoms with van der Waals surface area (Å²) in [6.45, 7) is 0.989. The predicted octanol–water partition coefficient (Wildman–Crippen LogP) is 3.35. The molecule has 1 saturated carbocycles. The molecule has 1 aliphatic carbocycles. The van der Waals surface area contributed by atoms with Gasteiger partial charge < -0.3 is 10.2 Å². The van der Waals surface area contributed by atoms with Gasteiger partial charge in [-0.3, -0.25) is 4.98 Å². The van der Waals surface area contributed by atoms with Gasteiger partial charge in [0.25, 0.3) is 0 Å². The summed E-state index contributed by atoms with van der Waals surface area (Å²) in [5, 5.41) is 7.52. The number of anilines is 2. The molecule has 0 saturated heterocycles. The van der Waals surface area contributed by atoms with Gasteiger partial charge in [-0.2, -0.15) is 11.3 Å². The Hall–Kier alpha value is -1.55. The second-order valence-electron chi connectivity index (χ2n) is 4.67. The monoisotopic (exact) mass is 259 g/mol. The normalized spacial score (nSPS) is 14.5. The highest BCUT2D eigenvalue weighted by Crippen LogP contribution is 2.33. The van der Waals surface area contributed by atoms with E-state index in [-0.39, 0.29) is 0 Å². The molecule has 4 heteroatoms. The average Bonchev–Trinajstić information content (AvgIpc) is 3.13. The molecule has 1 N–H and O–H groups in total. The average molecular weight is 259 g/mol. The smallest absolute Gasteiger partial charge is 0.0579 e. The molecule has 2 aromatic heterocycles. The largest absolute Gasteiger partial charge is 0.387 e. The van der Waals surface area contributed by atoms with E-state index in [1.54, 1.807) is 11.3 Å². The number of aromatic nitrogens is 1. The van der Waals surface area contributed by atoms with Crippen molar-refractivity contribution in [2.75, 3.05) is 17.3 Å². The van der Waals surface area contributed by atoms with Crippen LogP contribution in [0.1, 0.15) is 18.4 Å². The topological polar surface area (TPSA) is 28.2 Å². The molecule has 0 spiro atoms. The van der Waals surface area contributed by atoms with Crippen molar-refractivity contribution in [1.82, 2.24) is 4.98 Å². The number of pyridine rings is 1. The molecular formula is C14H17N3S. The van der Waals surface area contributed by atoms with Crippen LogP contribution in [0, 0.1) is 0 Å². The Morgan fingerprint density at radius 3 is 3.00 bits per heavy atom. The van der Waals surface area contributed by atoms with Crippen LogP contribution in [-0.2, 0) is 6.54 Å². The van der Waals surface area contributed by atoms with Crippen molar-refractivity contribution in [3.8, 4) is 0 Å². The lowest BCUT2D eigenvalue weighted by Gasteiger charge is -2.24. The van der Waals surface area contributed by atoms with E-state index in [1.807, 2.05) is 19.4 Å². The molecule has 3 rings (SSSR count). The minimum absolute atomic E-state index is 0.693. The number of hydrogen-bond acceptors (Lipinski definition) is 4. The fraction of sp³-hybridized carbons (Fsp3) is 0.357. The summed E-state index contributed by atoms with van der Waals surface area (Å²) in [6, 6.07) is 5.08. The molecule has 0 amide bonds. The summed E-state index contributed by atoms with van der Waals surface area (Å²) in [4.78, 5) is 6.78. The van der Waals surface area contributed by atoms with E-state index in [4.69, 9.17) is 0 Å². The van der Waals surface area contributed by atoms with Gasteiger partial charge in [0.05, 0.1) is 23.8 Å². The molecule has 3 nitrogen and oxygen atoms in total. The maximum absolute atomic E-state index is 4.31. The van der Waals surface area contributed by atoms with Crippen molar-refractivity contribution in [3.05, 3.63) is 40.8 Å². The van der Waals surface area contributed by atoms with E-state index < -0.39 is 0 Å². The molecule has 2 aromatic rings. The van der Waals surface area contributed by atoms with Crippen molar-refractivity contribution in [2.45, 2.75) is 25.4 Å². The van der Waals surface area contributed by atoms with E-state index in [0.29, 0.717) is 6.04 Å². The summed E-state index contributed by atoms with van der Waals surface area (Å²) < 4.78 is 0. The van der Waals surface area contributed by atoms with E-state index in [0.717, 1.165) is 12.2 Å². The third-order valence-corrected chi connectivity index (χ3v) is 4.00. The van der Waals surface area contributed by atoms with E-state index >= 15 is 0 Å². The van der Waals surface area contributed by atoms with Crippen LogP contribution >= 0.6 is 11.3 Å². The molecule has 2 heterocycles. The third-order valence-electron chi connectivity index (χ3n) is 3.26. The molecule has 0 atom stereocenters. The first-order chi connectivity index (χ1) is 8.86. The van der Waals surface area contributed by atoms with Crippen LogP contribution in [0.5, 0.6) is 0 Å². The highest BCUT2D eigenvalue weighted by molar-refractivity contribution is 7.07. The predicted molar refractivity (Wildman–Crippen MR) is 77.3 cm³/mol.